The molecular formula is C28H35N3O2. The lowest BCUT2D eigenvalue weighted by molar-refractivity contribution is 0.1000. The van der Waals surface area contributed by atoms with Gasteiger partial charge in [-0.1, -0.05) is 57.5 Å². The van der Waals surface area contributed by atoms with Crippen molar-refractivity contribution in [2.45, 2.75) is 65.5 Å². The largest absolute Gasteiger partial charge is 0.438 e. The lowest BCUT2D eigenvalue weighted by Crippen LogP contribution is -2.36. The van der Waals surface area contributed by atoms with E-state index in [2.05, 4.69) is 55.3 Å². The number of nitrogens with one attached hydrogen (secondary N) is 1. The summed E-state index contributed by atoms with van der Waals surface area (Å²) in [5.41, 5.74) is 7.38. The number of primary amides is 1. The Morgan fingerprint density at radius 3 is 2.45 bits per heavy atom. The number of benzene rings is 2. The van der Waals surface area contributed by atoms with Crippen LogP contribution in [0.5, 0.6) is 11.6 Å². The van der Waals surface area contributed by atoms with Crippen molar-refractivity contribution in [1.82, 2.24) is 10.3 Å². The van der Waals surface area contributed by atoms with Gasteiger partial charge in [0.1, 0.15) is 5.75 Å². The van der Waals surface area contributed by atoms with E-state index >= 15 is 0 Å². The van der Waals surface area contributed by atoms with Crippen molar-refractivity contribution in [2.24, 2.45) is 17.1 Å². The Bertz CT molecular complexity index is 1100. The van der Waals surface area contributed by atoms with E-state index in [1.807, 2.05) is 12.1 Å². The van der Waals surface area contributed by atoms with Crippen LogP contribution in [-0.2, 0) is 6.54 Å². The van der Waals surface area contributed by atoms with Crippen LogP contribution in [0.25, 0.3) is 10.8 Å². The third-order valence-electron chi connectivity index (χ3n) is 7.53. The molecule has 3 N–H and O–H groups in total. The molecule has 5 heteroatoms. The van der Waals surface area contributed by atoms with Crippen LogP contribution in [0.4, 0.5) is 0 Å². The number of ether oxygens (including phenoxy) is 1. The van der Waals surface area contributed by atoms with Gasteiger partial charge in [-0.3, -0.25) is 4.79 Å². The highest BCUT2D eigenvalue weighted by molar-refractivity contribution is 5.92. The number of rotatable bonds is 8. The van der Waals surface area contributed by atoms with Gasteiger partial charge in [0.25, 0.3) is 0 Å². The molecule has 1 fully saturated rings. The van der Waals surface area contributed by atoms with Gasteiger partial charge in [-0.05, 0) is 60.1 Å². The minimum Gasteiger partial charge on any atom is -0.438 e. The monoisotopic (exact) mass is 445 g/mol. The van der Waals surface area contributed by atoms with E-state index in [0.717, 1.165) is 23.6 Å². The molecule has 3 aromatic rings. The zero-order chi connectivity index (χ0) is 23.4. The molecule has 174 valence electrons. The molecule has 0 radical (unpaired) electrons. The fourth-order valence-electron chi connectivity index (χ4n) is 4.91. The van der Waals surface area contributed by atoms with E-state index in [9.17, 15) is 4.79 Å². The first kappa shape index (κ1) is 23.2. The molecule has 5 nitrogen and oxygen atoms in total. The zero-order valence-corrected chi connectivity index (χ0v) is 19.9. The predicted octanol–water partition coefficient (Wildman–Crippen LogP) is 6.21. The number of carbonyl (C=O) groups is 1. The molecule has 0 saturated heterocycles. The van der Waals surface area contributed by atoms with Gasteiger partial charge in [-0.25, -0.2) is 4.98 Å². The molecule has 1 aromatic heterocycles. The minimum absolute atomic E-state index is 0.362. The number of nitrogens with two attached hydrogens (primary N) is 1. The molecule has 2 aromatic carbocycles. The molecular weight excluding hydrogens is 410 g/mol. The van der Waals surface area contributed by atoms with E-state index in [4.69, 9.17) is 10.5 Å². The Hall–Kier alpha value is -2.92. The lowest BCUT2D eigenvalue weighted by atomic mass is 9.69. The second-order valence-electron chi connectivity index (χ2n) is 9.89. The highest BCUT2D eigenvalue weighted by Gasteiger charge is 2.31. The minimum atomic E-state index is -0.501. The lowest BCUT2D eigenvalue weighted by Gasteiger charge is -2.39. The number of nitrogens with zero attached hydrogens (tertiary/aromatic N) is 1. The SMILES string of the molecule is CCC(C)(C)[C@H]1CC[C@@H](NCc2cccc3c(Oc4ccc(C(N)=O)cn4)cccc23)CC1. The van der Waals surface area contributed by atoms with Gasteiger partial charge in [0.2, 0.25) is 11.8 Å². The summed E-state index contributed by atoms with van der Waals surface area (Å²) >= 11 is 0. The van der Waals surface area contributed by atoms with Gasteiger partial charge in [0, 0.05) is 30.2 Å². The normalized spacial score (nSPS) is 18.9. The Morgan fingerprint density at radius 2 is 1.79 bits per heavy atom. The van der Waals surface area contributed by atoms with Crippen molar-refractivity contribution in [3.63, 3.8) is 0 Å². The van der Waals surface area contributed by atoms with E-state index in [-0.39, 0.29) is 0 Å². The number of fused-ring (bicyclic) bond motifs is 1. The first-order valence-corrected chi connectivity index (χ1v) is 12.0. The highest BCUT2D eigenvalue weighted by atomic mass is 16.5. The molecule has 0 atom stereocenters. The van der Waals surface area contributed by atoms with Crippen molar-refractivity contribution < 1.29 is 9.53 Å². The molecule has 0 bridgehead atoms. The van der Waals surface area contributed by atoms with Gasteiger partial charge in [0.15, 0.2) is 0 Å². The van der Waals surface area contributed by atoms with Crippen LogP contribution in [0.1, 0.15) is 68.8 Å². The summed E-state index contributed by atoms with van der Waals surface area (Å²) in [6, 6.07) is 16.3. The van der Waals surface area contributed by atoms with Gasteiger partial charge in [-0.15, -0.1) is 0 Å². The first-order chi connectivity index (χ1) is 15.9. The standard InChI is InChI=1S/C28H35N3O2/c1-4-28(2,3)21-12-14-22(15-13-21)30-17-19-7-5-9-24-23(19)8-6-10-25(24)33-26-16-11-20(18-31-26)27(29)32/h5-11,16,18,21-22,30H,4,12-15,17H2,1-3H3,(H2,29,32)/t21-,22+. The molecule has 0 aliphatic heterocycles. The van der Waals surface area contributed by atoms with Crippen LogP contribution in [0, 0.1) is 11.3 Å². The van der Waals surface area contributed by atoms with E-state index in [0.29, 0.717) is 22.9 Å². The second-order valence-corrected chi connectivity index (χ2v) is 9.89. The van der Waals surface area contributed by atoms with Crippen LogP contribution in [0.2, 0.25) is 0 Å². The van der Waals surface area contributed by atoms with Gasteiger partial charge >= 0.3 is 0 Å². The van der Waals surface area contributed by atoms with Gasteiger partial charge in [0.05, 0.1) is 5.56 Å². The van der Waals surface area contributed by atoms with Crippen LogP contribution >= 0.6 is 0 Å². The van der Waals surface area contributed by atoms with Crippen LogP contribution in [-0.4, -0.2) is 16.9 Å². The summed E-state index contributed by atoms with van der Waals surface area (Å²) in [6.07, 6.45) is 7.82. The Kier molecular flexibility index (Phi) is 6.99. The smallest absolute Gasteiger partial charge is 0.250 e. The quantitative estimate of drug-likeness (QED) is 0.432. The maximum atomic E-state index is 11.3. The van der Waals surface area contributed by atoms with Crippen molar-refractivity contribution >= 4 is 16.7 Å². The van der Waals surface area contributed by atoms with Gasteiger partial charge in [-0.2, -0.15) is 0 Å². The Morgan fingerprint density at radius 1 is 1.06 bits per heavy atom. The molecule has 1 amide bonds. The summed E-state index contributed by atoms with van der Waals surface area (Å²) < 4.78 is 6.05. The average molecular weight is 446 g/mol. The molecule has 1 aliphatic carbocycles. The third-order valence-corrected chi connectivity index (χ3v) is 7.53. The third kappa shape index (κ3) is 5.36. The maximum Gasteiger partial charge on any atom is 0.250 e. The van der Waals surface area contributed by atoms with Crippen molar-refractivity contribution in [3.8, 4) is 11.6 Å². The van der Waals surface area contributed by atoms with E-state index in [1.54, 1.807) is 12.1 Å². The summed E-state index contributed by atoms with van der Waals surface area (Å²) in [7, 11) is 0. The van der Waals surface area contributed by atoms with Crippen molar-refractivity contribution in [1.29, 1.82) is 0 Å². The Labute approximate surface area is 196 Å². The molecule has 0 spiro atoms. The topological polar surface area (TPSA) is 77.2 Å². The maximum absolute atomic E-state index is 11.3. The highest BCUT2D eigenvalue weighted by Crippen LogP contribution is 2.40. The number of hydrogen-bond donors (Lipinski definition) is 2. The fraction of sp³-hybridized carbons (Fsp3) is 0.429. The molecule has 1 aliphatic rings. The number of hydrogen-bond acceptors (Lipinski definition) is 4. The second kappa shape index (κ2) is 9.92. The Balaban J connectivity index is 1.44. The van der Waals surface area contributed by atoms with Crippen molar-refractivity contribution in [3.05, 3.63) is 65.9 Å². The van der Waals surface area contributed by atoms with Gasteiger partial charge < -0.3 is 15.8 Å². The predicted molar refractivity (Wildman–Crippen MR) is 133 cm³/mol. The number of aromatic nitrogens is 1. The molecule has 33 heavy (non-hydrogen) atoms. The number of amides is 1. The summed E-state index contributed by atoms with van der Waals surface area (Å²) in [4.78, 5) is 15.5. The zero-order valence-electron chi connectivity index (χ0n) is 19.9. The van der Waals surface area contributed by atoms with Crippen LogP contribution in [0.3, 0.4) is 0 Å². The van der Waals surface area contributed by atoms with Crippen LogP contribution in [0.15, 0.2) is 54.7 Å². The average Bonchev–Trinajstić information content (AvgIpc) is 2.83. The first-order valence-electron chi connectivity index (χ1n) is 12.0. The molecule has 1 heterocycles. The molecule has 0 unspecified atom stereocenters. The summed E-state index contributed by atoms with van der Waals surface area (Å²) in [6.45, 7) is 8.00. The fourth-order valence-corrected chi connectivity index (χ4v) is 4.91. The number of pyridine rings is 1. The van der Waals surface area contributed by atoms with E-state index < -0.39 is 5.91 Å². The van der Waals surface area contributed by atoms with E-state index in [1.165, 1.54) is 49.3 Å². The van der Waals surface area contributed by atoms with Crippen LogP contribution < -0.4 is 15.8 Å². The molecule has 1 saturated carbocycles. The molecule has 4 rings (SSSR count). The van der Waals surface area contributed by atoms with Crippen molar-refractivity contribution in [2.75, 3.05) is 0 Å². The summed E-state index contributed by atoms with van der Waals surface area (Å²) in [5, 5.41) is 6.03. The number of carbonyl (C=O) groups excluding carboxylic acids is 1. The summed E-state index contributed by atoms with van der Waals surface area (Å²) in [5.74, 6) is 1.51.